The topological polar surface area (TPSA) is 67.1 Å². The lowest BCUT2D eigenvalue weighted by Crippen LogP contribution is -2.38. The fraction of sp³-hybridized carbons (Fsp3) is 0.667. The number of nitrogens with one attached hydrogen (secondary N) is 2. The van der Waals surface area contributed by atoms with Crippen molar-refractivity contribution in [1.82, 2.24) is 25.4 Å². The predicted octanol–water partition coefficient (Wildman–Crippen LogP) is 4.70. The standard InChI is InChI=1S/C21H36N6S2.HI/c1-6-22-20(24-14-17(4)13-18-9-8-12-29-18)23-11-7-10-19-25-26-21(28-5)27(19)15-16(2)3;/h8-9,12,16-17H,6-7,10-11,13-15H2,1-5H3,(H2,22,23,24);1H. The molecule has 1 unspecified atom stereocenters. The molecule has 0 bridgehead atoms. The molecule has 0 amide bonds. The van der Waals surface area contributed by atoms with Gasteiger partial charge in [0, 0.05) is 37.5 Å². The Morgan fingerprint density at radius 1 is 1.27 bits per heavy atom. The zero-order valence-corrected chi connectivity index (χ0v) is 22.8. The minimum atomic E-state index is 0. The first-order chi connectivity index (χ1) is 14.0. The summed E-state index contributed by atoms with van der Waals surface area (Å²) in [5.41, 5.74) is 0. The Kier molecular flexibility index (Phi) is 13.7. The van der Waals surface area contributed by atoms with E-state index in [1.807, 2.05) is 11.3 Å². The summed E-state index contributed by atoms with van der Waals surface area (Å²) in [5, 5.41) is 18.7. The highest BCUT2D eigenvalue weighted by Gasteiger charge is 2.12. The summed E-state index contributed by atoms with van der Waals surface area (Å²) in [4.78, 5) is 6.21. The fourth-order valence-electron chi connectivity index (χ4n) is 3.08. The zero-order chi connectivity index (χ0) is 21.1. The van der Waals surface area contributed by atoms with Gasteiger partial charge in [-0.15, -0.1) is 45.5 Å². The molecule has 0 spiro atoms. The number of aromatic nitrogens is 3. The summed E-state index contributed by atoms with van der Waals surface area (Å²) < 4.78 is 2.26. The van der Waals surface area contributed by atoms with Crippen molar-refractivity contribution in [2.24, 2.45) is 16.8 Å². The number of thioether (sulfide) groups is 1. The Hall–Kier alpha value is -0.810. The molecule has 2 heterocycles. The molecular formula is C21H37IN6S2. The van der Waals surface area contributed by atoms with Crippen LogP contribution in [-0.4, -0.2) is 46.6 Å². The van der Waals surface area contributed by atoms with Crippen LogP contribution in [0.3, 0.4) is 0 Å². The Morgan fingerprint density at radius 3 is 2.70 bits per heavy atom. The van der Waals surface area contributed by atoms with Gasteiger partial charge in [-0.3, -0.25) is 4.99 Å². The van der Waals surface area contributed by atoms with Crippen LogP contribution in [0.2, 0.25) is 0 Å². The predicted molar refractivity (Wildman–Crippen MR) is 142 cm³/mol. The zero-order valence-electron chi connectivity index (χ0n) is 18.9. The summed E-state index contributed by atoms with van der Waals surface area (Å²) in [6, 6.07) is 4.32. The molecule has 0 aromatic carbocycles. The maximum atomic E-state index is 4.78. The normalized spacial score (nSPS) is 12.7. The van der Waals surface area contributed by atoms with Crippen LogP contribution in [-0.2, 0) is 19.4 Å². The third-order valence-corrected chi connectivity index (χ3v) is 5.99. The SMILES string of the molecule is CCNC(=NCC(C)Cc1cccs1)NCCCc1nnc(SC)n1CC(C)C.I. The van der Waals surface area contributed by atoms with Crippen molar-refractivity contribution >= 4 is 53.0 Å². The number of hydrogen-bond acceptors (Lipinski definition) is 5. The summed E-state index contributed by atoms with van der Waals surface area (Å²) in [6.07, 6.45) is 5.07. The molecule has 2 N–H and O–H groups in total. The van der Waals surface area contributed by atoms with Gasteiger partial charge in [0.25, 0.3) is 0 Å². The van der Waals surface area contributed by atoms with Crippen LogP contribution in [0.5, 0.6) is 0 Å². The second-order valence-corrected chi connectivity index (χ2v) is 9.55. The van der Waals surface area contributed by atoms with Gasteiger partial charge in [0.05, 0.1) is 0 Å². The lowest BCUT2D eigenvalue weighted by molar-refractivity contribution is 0.477. The van der Waals surface area contributed by atoms with Gasteiger partial charge < -0.3 is 15.2 Å². The lowest BCUT2D eigenvalue weighted by atomic mass is 10.1. The van der Waals surface area contributed by atoms with Crippen LogP contribution in [0.4, 0.5) is 0 Å². The van der Waals surface area contributed by atoms with Crippen LogP contribution >= 0.6 is 47.1 Å². The smallest absolute Gasteiger partial charge is 0.191 e. The molecule has 30 heavy (non-hydrogen) atoms. The molecule has 1 atom stereocenters. The minimum absolute atomic E-state index is 0. The number of rotatable bonds is 12. The Morgan fingerprint density at radius 2 is 2.07 bits per heavy atom. The van der Waals surface area contributed by atoms with Crippen molar-refractivity contribution < 1.29 is 0 Å². The summed E-state index contributed by atoms with van der Waals surface area (Å²) in [7, 11) is 0. The van der Waals surface area contributed by atoms with Gasteiger partial charge in [0.2, 0.25) is 0 Å². The van der Waals surface area contributed by atoms with Crippen molar-refractivity contribution in [1.29, 1.82) is 0 Å². The highest BCUT2D eigenvalue weighted by molar-refractivity contribution is 14.0. The Labute approximate surface area is 207 Å². The number of thiophene rings is 1. The quantitative estimate of drug-likeness (QED) is 0.129. The third-order valence-electron chi connectivity index (χ3n) is 4.43. The van der Waals surface area contributed by atoms with E-state index in [2.05, 4.69) is 76.9 Å². The maximum absolute atomic E-state index is 4.78. The van der Waals surface area contributed by atoms with Crippen molar-refractivity contribution in [3.8, 4) is 0 Å². The summed E-state index contributed by atoms with van der Waals surface area (Å²) >= 11 is 3.49. The molecule has 0 fully saturated rings. The van der Waals surface area contributed by atoms with Gasteiger partial charge in [0.1, 0.15) is 5.82 Å². The molecular weight excluding hydrogens is 527 g/mol. The molecule has 170 valence electrons. The highest BCUT2D eigenvalue weighted by Crippen LogP contribution is 2.17. The number of aliphatic imine (C=N–C) groups is 1. The van der Waals surface area contributed by atoms with E-state index in [0.29, 0.717) is 11.8 Å². The van der Waals surface area contributed by atoms with Gasteiger partial charge in [-0.25, -0.2) is 0 Å². The van der Waals surface area contributed by atoms with Crippen LogP contribution in [0.1, 0.15) is 44.8 Å². The second kappa shape index (κ2) is 15.1. The number of hydrogen-bond donors (Lipinski definition) is 2. The lowest BCUT2D eigenvalue weighted by Gasteiger charge is -2.14. The first kappa shape index (κ1) is 27.2. The Bertz CT molecular complexity index is 730. The molecule has 0 aliphatic rings. The molecule has 0 radical (unpaired) electrons. The van der Waals surface area contributed by atoms with Crippen molar-refractivity contribution in [3.05, 3.63) is 28.2 Å². The molecule has 0 saturated heterocycles. The molecule has 2 aromatic heterocycles. The number of aryl methyl sites for hydroxylation is 1. The maximum Gasteiger partial charge on any atom is 0.191 e. The average molecular weight is 565 g/mol. The Balaban J connectivity index is 0.00000450. The van der Waals surface area contributed by atoms with Gasteiger partial charge in [-0.1, -0.05) is 38.6 Å². The molecule has 6 nitrogen and oxygen atoms in total. The van der Waals surface area contributed by atoms with Crippen LogP contribution in [0.15, 0.2) is 27.7 Å². The van der Waals surface area contributed by atoms with E-state index in [-0.39, 0.29) is 24.0 Å². The molecule has 9 heteroatoms. The van der Waals surface area contributed by atoms with Gasteiger partial charge in [0.15, 0.2) is 11.1 Å². The van der Waals surface area contributed by atoms with Gasteiger partial charge in [-0.2, -0.15) is 0 Å². The van der Waals surface area contributed by atoms with Crippen molar-refractivity contribution in [2.45, 2.75) is 58.7 Å². The number of nitrogens with zero attached hydrogens (tertiary/aromatic N) is 4. The third kappa shape index (κ3) is 9.55. The van der Waals surface area contributed by atoms with E-state index in [0.717, 1.165) is 62.4 Å². The van der Waals surface area contributed by atoms with Crippen molar-refractivity contribution in [2.75, 3.05) is 25.9 Å². The second-order valence-electron chi connectivity index (χ2n) is 7.75. The molecule has 0 aliphatic heterocycles. The van der Waals surface area contributed by atoms with Crippen LogP contribution in [0.25, 0.3) is 0 Å². The molecule has 0 aliphatic carbocycles. The summed E-state index contributed by atoms with van der Waals surface area (Å²) in [6.45, 7) is 12.4. The van der Waals surface area contributed by atoms with E-state index in [1.54, 1.807) is 11.8 Å². The monoisotopic (exact) mass is 564 g/mol. The van der Waals surface area contributed by atoms with E-state index in [1.165, 1.54) is 4.88 Å². The van der Waals surface area contributed by atoms with E-state index < -0.39 is 0 Å². The minimum Gasteiger partial charge on any atom is -0.357 e. The number of guanidine groups is 1. The highest BCUT2D eigenvalue weighted by atomic mass is 127. The van der Waals surface area contributed by atoms with E-state index in [4.69, 9.17) is 4.99 Å². The molecule has 2 rings (SSSR count). The van der Waals surface area contributed by atoms with Gasteiger partial charge >= 0.3 is 0 Å². The fourth-order valence-corrected chi connectivity index (χ4v) is 4.47. The largest absolute Gasteiger partial charge is 0.357 e. The van der Waals surface area contributed by atoms with Crippen LogP contribution in [0, 0.1) is 11.8 Å². The first-order valence-corrected chi connectivity index (χ1v) is 12.6. The van der Waals surface area contributed by atoms with Crippen molar-refractivity contribution in [3.63, 3.8) is 0 Å². The average Bonchev–Trinajstić information content (AvgIpc) is 3.32. The number of halogens is 1. The molecule has 0 saturated carbocycles. The van der Waals surface area contributed by atoms with E-state index in [9.17, 15) is 0 Å². The summed E-state index contributed by atoms with van der Waals surface area (Å²) in [5.74, 6) is 3.09. The van der Waals surface area contributed by atoms with E-state index >= 15 is 0 Å². The molecule has 2 aromatic rings. The first-order valence-electron chi connectivity index (χ1n) is 10.5. The van der Waals surface area contributed by atoms with Gasteiger partial charge in [-0.05, 0) is 49.3 Å². The van der Waals surface area contributed by atoms with Crippen LogP contribution < -0.4 is 10.6 Å².